The average Bonchev–Trinajstić information content (AvgIpc) is 2.83. The lowest BCUT2D eigenvalue weighted by molar-refractivity contribution is -0.274. The molecule has 0 radical (unpaired) electrons. The van der Waals surface area contributed by atoms with Crippen molar-refractivity contribution in [2.24, 2.45) is 0 Å². The van der Waals surface area contributed by atoms with Crippen LogP contribution in [0.1, 0.15) is 5.56 Å². The Bertz CT molecular complexity index is 1270. The molecule has 0 saturated carbocycles. The van der Waals surface area contributed by atoms with Crippen LogP contribution in [-0.2, 0) is 21.2 Å². The molecular formula is C23H21F3N4O4S2. The van der Waals surface area contributed by atoms with Crippen LogP contribution in [0.2, 0.25) is 0 Å². The van der Waals surface area contributed by atoms with E-state index in [0.717, 1.165) is 17.7 Å². The van der Waals surface area contributed by atoms with Gasteiger partial charge >= 0.3 is 6.36 Å². The molecule has 13 heteroatoms. The van der Waals surface area contributed by atoms with Crippen molar-refractivity contribution in [2.45, 2.75) is 23.7 Å². The third kappa shape index (κ3) is 8.52. The lowest BCUT2D eigenvalue weighted by Crippen LogP contribution is -2.53. The molecule has 3 aromatic rings. The molecule has 36 heavy (non-hydrogen) atoms. The summed E-state index contributed by atoms with van der Waals surface area (Å²) in [5, 5.41) is 2.59. The first-order chi connectivity index (χ1) is 17.0. The standard InChI is InChI=1S/C23H21F3N4O4S2/c24-23(25,26)34-18-13-11-17(12-14-18)27-22(35)29-28-21(31)20(15-16-7-3-1-4-8-16)30-36(32,33)19-9-5-2-6-10-19/h1-14,20,30H,15H2,(H,28,31)(H2,27,29,35)/t20-/m0/s1. The first-order valence-corrected chi connectivity index (χ1v) is 12.2. The van der Waals surface area contributed by atoms with Gasteiger partial charge in [-0.1, -0.05) is 48.5 Å². The molecule has 4 N–H and O–H groups in total. The molecule has 8 nitrogen and oxygen atoms in total. The number of carbonyl (C=O) groups is 1. The quantitative estimate of drug-likeness (QED) is 0.257. The Morgan fingerprint density at radius 2 is 1.47 bits per heavy atom. The number of thiocarbonyl (C=S) groups is 1. The number of anilines is 1. The summed E-state index contributed by atoms with van der Waals surface area (Å²) in [6, 6.07) is 20.0. The maximum absolute atomic E-state index is 12.9. The Morgan fingerprint density at radius 1 is 0.889 bits per heavy atom. The summed E-state index contributed by atoms with van der Waals surface area (Å²) < 4.78 is 68.6. The zero-order chi connectivity index (χ0) is 26.2. The first-order valence-electron chi connectivity index (χ1n) is 10.4. The third-order valence-electron chi connectivity index (χ3n) is 4.60. The van der Waals surface area contributed by atoms with Gasteiger partial charge in [-0.25, -0.2) is 8.42 Å². The molecule has 0 aliphatic heterocycles. The fourth-order valence-electron chi connectivity index (χ4n) is 3.00. The molecular weight excluding hydrogens is 517 g/mol. The molecule has 0 aromatic heterocycles. The number of hydrogen-bond acceptors (Lipinski definition) is 5. The van der Waals surface area contributed by atoms with Gasteiger partial charge in [-0.05, 0) is 60.6 Å². The molecule has 3 aromatic carbocycles. The number of benzene rings is 3. The number of sulfonamides is 1. The van der Waals surface area contributed by atoms with E-state index < -0.39 is 34.1 Å². The summed E-state index contributed by atoms with van der Waals surface area (Å²) >= 11 is 5.09. The number of halogens is 3. The van der Waals surface area contributed by atoms with Crippen molar-refractivity contribution < 1.29 is 31.1 Å². The summed E-state index contributed by atoms with van der Waals surface area (Å²) in [4.78, 5) is 12.9. The van der Waals surface area contributed by atoms with Gasteiger partial charge in [0.15, 0.2) is 5.11 Å². The molecule has 1 atom stereocenters. The van der Waals surface area contributed by atoms with E-state index in [1.807, 2.05) is 0 Å². The summed E-state index contributed by atoms with van der Waals surface area (Å²) in [7, 11) is -4.01. The maximum atomic E-state index is 12.9. The molecule has 1 amide bonds. The summed E-state index contributed by atoms with van der Waals surface area (Å²) in [5.41, 5.74) is 5.84. The molecule has 0 heterocycles. The Kier molecular flexibility index (Phi) is 8.85. The van der Waals surface area contributed by atoms with Gasteiger partial charge < -0.3 is 10.1 Å². The molecule has 190 valence electrons. The number of alkyl halides is 3. The number of hydrogen-bond donors (Lipinski definition) is 4. The Balaban J connectivity index is 1.63. The predicted molar refractivity (Wildman–Crippen MR) is 131 cm³/mol. The van der Waals surface area contributed by atoms with Crippen molar-refractivity contribution >= 4 is 38.9 Å². The molecule has 0 bridgehead atoms. The second kappa shape index (κ2) is 11.8. The van der Waals surface area contributed by atoms with Crippen LogP contribution in [-0.4, -0.2) is 31.8 Å². The minimum atomic E-state index is -4.81. The topological polar surface area (TPSA) is 109 Å². The van der Waals surface area contributed by atoms with E-state index in [9.17, 15) is 26.4 Å². The van der Waals surface area contributed by atoms with Crippen molar-refractivity contribution in [3.05, 3.63) is 90.5 Å². The van der Waals surface area contributed by atoms with Gasteiger partial charge in [0.1, 0.15) is 11.8 Å². The highest BCUT2D eigenvalue weighted by atomic mass is 32.2. The number of nitrogens with one attached hydrogen (secondary N) is 4. The fraction of sp³-hybridized carbons (Fsp3) is 0.130. The number of carbonyl (C=O) groups excluding carboxylic acids is 1. The van der Waals surface area contributed by atoms with Crippen LogP contribution in [0.15, 0.2) is 89.8 Å². The Hall–Kier alpha value is -3.68. The molecule has 0 unspecified atom stereocenters. The monoisotopic (exact) mass is 538 g/mol. The summed E-state index contributed by atoms with van der Waals surface area (Å²) in [6.07, 6.45) is -4.75. The van der Waals surface area contributed by atoms with Crippen LogP contribution in [0.25, 0.3) is 0 Å². The zero-order valence-corrected chi connectivity index (χ0v) is 20.1. The number of hydrazine groups is 1. The largest absolute Gasteiger partial charge is 0.573 e. The normalized spacial score (nSPS) is 12.3. The van der Waals surface area contributed by atoms with Crippen LogP contribution in [0, 0.1) is 0 Å². The second-order valence-corrected chi connectivity index (χ2v) is 9.44. The minimum Gasteiger partial charge on any atom is -0.406 e. The Morgan fingerprint density at radius 3 is 2.06 bits per heavy atom. The molecule has 0 fully saturated rings. The van der Waals surface area contributed by atoms with Gasteiger partial charge in [0, 0.05) is 5.69 Å². The maximum Gasteiger partial charge on any atom is 0.573 e. The van der Waals surface area contributed by atoms with Gasteiger partial charge in [0.2, 0.25) is 10.0 Å². The van der Waals surface area contributed by atoms with Crippen LogP contribution in [0.3, 0.4) is 0 Å². The Labute approximate surface area is 210 Å². The van der Waals surface area contributed by atoms with Crippen LogP contribution in [0.5, 0.6) is 5.75 Å². The van der Waals surface area contributed by atoms with Gasteiger partial charge in [-0.15, -0.1) is 13.2 Å². The molecule has 3 rings (SSSR count). The lowest BCUT2D eigenvalue weighted by Gasteiger charge is -2.20. The van der Waals surface area contributed by atoms with E-state index in [-0.39, 0.29) is 16.4 Å². The van der Waals surface area contributed by atoms with E-state index in [4.69, 9.17) is 12.2 Å². The van der Waals surface area contributed by atoms with Crippen molar-refractivity contribution in [1.29, 1.82) is 0 Å². The van der Waals surface area contributed by atoms with E-state index in [2.05, 4.69) is 25.6 Å². The van der Waals surface area contributed by atoms with E-state index in [1.54, 1.807) is 48.5 Å². The van der Waals surface area contributed by atoms with Crippen molar-refractivity contribution in [3.63, 3.8) is 0 Å². The van der Waals surface area contributed by atoms with Gasteiger partial charge in [-0.2, -0.15) is 4.72 Å². The van der Waals surface area contributed by atoms with Gasteiger partial charge in [0.25, 0.3) is 5.91 Å². The van der Waals surface area contributed by atoms with Crippen molar-refractivity contribution in [3.8, 4) is 5.75 Å². The second-order valence-electron chi connectivity index (χ2n) is 7.32. The van der Waals surface area contributed by atoms with Crippen LogP contribution in [0.4, 0.5) is 18.9 Å². The zero-order valence-electron chi connectivity index (χ0n) is 18.5. The highest BCUT2D eigenvalue weighted by Gasteiger charge is 2.31. The van der Waals surface area contributed by atoms with E-state index in [0.29, 0.717) is 5.69 Å². The van der Waals surface area contributed by atoms with E-state index in [1.165, 1.54) is 24.3 Å². The van der Waals surface area contributed by atoms with Crippen LogP contribution < -0.4 is 25.6 Å². The third-order valence-corrected chi connectivity index (χ3v) is 6.29. The molecule has 0 spiro atoms. The molecule has 0 saturated heterocycles. The smallest absolute Gasteiger partial charge is 0.406 e. The molecule has 0 aliphatic rings. The minimum absolute atomic E-state index is 0.000965. The average molecular weight is 539 g/mol. The van der Waals surface area contributed by atoms with Gasteiger partial charge in [0.05, 0.1) is 4.90 Å². The fourth-order valence-corrected chi connectivity index (χ4v) is 4.39. The predicted octanol–water partition coefficient (Wildman–Crippen LogP) is 3.49. The van der Waals surface area contributed by atoms with Crippen LogP contribution >= 0.6 is 12.2 Å². The highest BCUT2D eigenvalue weighted by Crippen LogP contribution is 2.23. The summed E-state index contributed by atoms with van der Waals surface area (Å²) in [5.74, 6) is -1.12. The van der Waals surface area contributed by atoms with Crippen molar-refractivity contribution in [1.82, 2.24) is 15.6 Å². The lowest BCUT2D eigenvalue weighted by atomic mass is 10.1. The number of ether oxygens (including phenoxy) is 1. The first kappa shape index (κ1) is 26.9. The number of rotatable bonds is 8. The van der Waals surface area contributed by atoms with Gasteiger partial charge in [-0.3, -0.25) is 15.6 Å². The SMILES string of the molecule is O=C(NNC(=S)Nc1ccc(OC(F)(F)F)cc1)[C@H](Cc1ccccc1)NS(=O)(=O)c1ccccc1. The highest BCUT2D eigenvalue weighted by molar-refractivity contribution is 7.89. The molecule has 0 aliphatic carbocycles. The van der Waals surface area contributed by atoms with E-state index >= 15 is 0 Å². The van der Waals surface area contributed by atoms with Crippen molar-refractivity contribution in [2.75, 3.05) is 5.32 Å². The summed E-state index contributed by atoms with van der Waals surface area (Å²) in [6.45, 7) is 0. The number of amides is 1.